The van der Waals surface area contributed by atoms with Crippen LogP contribution in [-0.4, -0.2) is 23.1 Å². The van der Waals surface area contributed by atoms with Crippen molar-refractivity contribution in [1.29, 1.82) is 0 Å². The summed E-state index contributed by atoms with van der Waals surface area (Å²) in [6.45, 7) is 2.11. The van der Waals surface area contributed by atoms with E-state index in [9.17, 15) is 4.79 Å². The summed E-state index contributed by atoms with van der Waals surface area (Å²) in [6.07, 6.45) is 8.15. The molecular weight excluding hydrogens is 178 g/mol. The molecule has 0 spiro atoms. The molecule has 0 aromatic carbocycles. The Kier molecular flexibility index (Phi) is 4.07. The third-order valence-electron chi connectivity index (χ3n) is 1.99. The summed E-state index contributed by atoms with van der Waals surface area (Å²) in [5, 5.41) is 3.14. The molecular formula is C10H15N3O. The maximum atomic E-state index is 10.6. The number of H-pyrrole nitrogens is 1. The second-order valence-electron chi connectivity index (χ2n) is 3.18. The van der Waals surface area contributed by atoms with Gasteiger partial charge in [-0.15, -0.1) is 0 Å². The van der Waals surface area contributed by atoms with Crippen molar-refractivity contribution in [2.75, 3.05) is 7.05 Å². The van der Waals surface area contributed by atoms with Crippen molar-refractivity contribution in [1.82, 2.24) is 15.3 Å². The van der Waals surface area contributed by atoms with Gasteiger partial charge in [-0.1, -0.05) is 12.2 Å². The van der Waals surface area contributed by atoms with Crippen molar-refractivity contribution in [3.05, 3.63) is 34.5 Å². The monoisotopic (exact) mass is 193 g/mol. The molecule has 0 amide bonds. The molecule has 0 aliphatic rings. The molecule has 1 unspecified atom stereocenters. The number of hydrogen-bond acceptors (Lipinski definition) is 3. The van der Waals surface area contributed by atoms with Crippen molar-refractivity contribution < 1.29 is 0 Å². The van der Waals surface area contributed by atoms with Crippen LogP contribution in [0.25, 0.3) is 6.08 Å². The van der Waals surface area contributed by atoms with Gasteiger partial charge in [0.15, 0.2) is 0 Å². The van der Waals surface area contributed by atoms with E-state index in [0.29, 0.717) is 6.04 Å². The smallest absolute Gasteiger partial charge is 0.317 e. The highest BCUT2D eigenvalue weighted by Crippen LogP contribution is 1.98. The summed E-state index contributed by atoms with van der Waals surface area (Å²) in [7, 11) is 1.93. The number of hydrogen-bond donors (Lipinski definition) is 2. The van der Waals surface area contributed by atoms with E-state index < -0.39 is 0 Å². The van der Waals surface area contributed by atoms with Crippen molar-refractivity contribution >= 4 is 6.08 Å². The first-order chi connectivity index (χ1) is 6.72. The average molecular weight is 193 g/mol. The highest BCUT2D eigenvalue weighted by Gasteiger charge is 1.92. The summed E-state index contributed by atoms with van der Waals surface area (Å²) in [5.74, 6) is 0. The van der Waals surface area contributed by atoms with E-state index in [1.165, 1.54) is 0 Å². The Morgan fingerprint density at radius 3 is 3.07 bits per heavy atom. The molecule has 1 aromatic heterocycles. The molecule has 1 heterocycles. The van der Waals surface area contributed by atoms with Crippen LogP contribution in [0.15, 0.2) is 23.3 Å². The van der Waals surface area contributed by atoms with Gasteiger partial charge in [0, 0.05) is 24.0 Å². The number of nitrogens with one attached hydrogen (secondary N) is 2. The fraction of sp³-hybridized carbons (Fsp3) is 0.400. The molecule has 4 nitrogen and oxygen atoms in total. The van der Waals surface area contributed by atoms with Crippen LogP contribution in [0.4, 0.5) is 0 Å². The molecule has 0 fully saturated rings. The first-order valence-electron chi connectivity index (χ1n) is 4.61. The maximum Gasteiger partial charge on any atom is 0.344 e. The molecule has 4 heteroatoms. The van der Waals surface area contributed by atoms with Gasteiger partial charge in [-0.2, -0.15) is 0 Å². The normalized spacial score (nSPS) is 13.3. The first-order valence-corrected chi connectivity index (χ1v) is 4.61. The standard InChI is InChI=1S/C10H15N3O/c1-8(11-2)4-3-5-9-6-12-10(14)13-7-9/h3,5-8,11H,4H2,1-2H3,(H,12,13,14)/b5-3+. The summed E-state index contributed by atoms with van der Waals surface area (Å²) in [6, 6.07) is 0.460. The minimum absolute atomic E-state index is 0.314. The zero-order chi connectivity index (χ0) is 10.4. The number of aromatic nitrogens is 2. The quantitative estimate of drug-likeness (QED) is 0.743. The summed E-state index contributed by atoms with van der Waals surface area (Å²) >= 11 is 0. The van der Waals surface area contributed by atoms with Crippen molar-refractivity contribution in [2.24, 2.45) is 0 Å². The summed E-state index contributed by atoms with van der Waals surface area (Å²) in [4.78, 5) is 16.8. The lowest BCUT2D eigenvalue weighted by molar-refractivity contribution is 0.621. The van der Waals surface area contributed by atoms with E-state index in [4.69, 9.17) is 0 Å². The lowest BCUT2D eigenvalue weighted by Gasteiger charge is -2.04. The zero-order valence-electron chi connectivity index (χ0n) is 8.45. The van der Waals surface area contributed by atoms with Crippen LogP contribution >= 0.6 is 0 Å². The van der Waals surface area contributed by atoms with Crippen LogP contribution in [0.2, 0.25) is 0 Å². The second kappa shape index (κ2) is 5.34. The Labute approximate surface area is 83.1 Å². The topological polar surface area (TPSA) is 57.8 Å². The van der Waals surface area contributed by atoms with Gasteiger partial charge >= 0.3 is 5.69 Å². The van der Waals surface area contributed by atoms with Crippen LogP contribution < -0.4 is 11.0 Å². The lowest BCUT2D eigenvalue weighted by atomic mass is 10.2. The average Bonchev–Trinajstić information content (AvgIpc) is 2.21. The summed E-state index contributed by atoms with van der Waals surface area (Å²) in [5.41, 5.74) is 0.596. The molecule has 0 radical (unpaired) electrons. The van der Waals surface area contributed by atoms with Crippen molar-refractivity contribution in [2.45, 2.75) is 19.4 Å². The first kappa shape index (κ1) is 10.7. The zero-order valence-corrected chi connectivity index (χ0v) is 8.45. The molecule has 76 valence electrons. The largest absolute Gasteiger partial charge is 0.344 e. The molecule has 14 heavy (non-hydrogen) atoms. The van der Waals surface area contributed by atoms with E-state index in [2.05, 4.69) is 28.3 Å². The molecule has 2 N–H and O–H groups in total. The van der Waals surface area contributed by atoms with Gasteiger partial charge in [0.2, 0.25) is 0 Å². The van der Waals surface area contributed by atoms with Gasteiger partial charge < -0.3 is 10.3 Å². The van der Waals surface area contributed by atoms with Gasteiger partial charge in [0.1, 0.15) is 0 Å². The van der Waals surface area contributed by atoms with Gasteiger partial charge in [-0.05, 0) is 20.4 Å². The predicted octanol–water partition coefficient (Wildman–Crippen LogP) is 0.781. The van der Waals surface area contributed by atoms with Crippen LogP contribution in [0.3, 0.4) is 0 Å². The molecule has 0 saturated carbocycles. The molecule has 0 saturated heterocycles. The lowest BCUT2D eigenvalue weighted by Crippen LogP contribution is -2.19. The van der Waals surface area contributed by atoms with E-state index >= 15 is 0 Å². The Bertz CT molecular complexity index is 336. The molecule has 0 bridgehead atoms. The maximum absolute atomic E-state index is 10.6. The van der Waals surface area contributed by atoms with E-state index in [0.717, 1.165) is 12.0 Å². The second-order valence-corrected chi connectivity index (χ2v) is 3.18. The number of nitrogens with zero attached hydrogens (tertiary/aromatic N) is 1. The highest BCUT2D eigenvalue weighted by atomic mass is 16.1. The highest BCUT2D eigenvalue weighted by molar-refractivity contribution is 5.45. The van der Waals surface area contributed by atoms with Crippen LogP contribution in [0.1, 0.15) is 18.9 Å². The molecule has 1 aromatic rings. The molecule has 0 aliphatic carbocycles. The van der Waals surface area contributed by atoms with E-state index in [1.807, 2.05) is 13.1 Å². The number of aromatic amines is 1. The SMILES string of the molecule is CNC(C)C/C=C/c1cnc(=O)[nH]c1. The van der Waals surface area contributed by atoms with Crippen molar-refractivity contribution in [3.8, 4) is 0 Å². The third-order valence-corrected chi connectivity index (χ3v) is 1.99. The third kappa shape index (κ3) is 3.53. The van der Waals surface area contributed by atoms with E-state index in [-0.39, 0.29) is 5.69 Å². The minimum atomic E-state index is -0.314. The van der Waals surface area contributed by atoms with Crippen LogP contribution in [0, 0.1) is 0 Å². The fourth-order valence-electron chi connectivity index (χ4n) is 0.970. The fourth-order valence-corrected chi connectivity index (χ4v) is 0.970. The Balaban J connectivity index is 2.52. The molecule has 0 aliphatic heterocycles. The van der Waals surface area contributed by atoms with Gasteiger partial charge in [0.05, 0.1) is 0 Å². The van der Waals surface area contributed by atoms with E-state index in [1.54, 1.807) is 12.4 Å². The van der Waals surface area contributed by atoms with Gasteiger partial charge in [-0.25, -0.2) is 9.78 Å². The Hall–Kier alpha value is -1.42. The Morgan fingerprint density at radius 2 is 2.50 bits per heavy atom. The van der Waals surface area contributed by atoms with Crippen LogP contribution in [-0.2, 0) is 0 Å². The van der Waals surface area contributed by atoms with Crippen molar-refractivity contribution in [3.63, 3.8) is 0 Å². The van der Waals surface area contributed by atoms with Crippen LogP contribution in [0.5, 0.6) is 0 Å². The van der Waals surface area contributed by atoms with Gasteiger partial charge in [-0.3, -0.25) is 0 Å². The summed E-state index contributed by atoms with van der Waals surface area (Å²) < 4.78 is 0. The molecule has 1 rings (SSSR count). The molecule has 1 atom stereocenters. The number of rotatable bonds is 4. The Morgan fingerprint density at radius 1 is 1.71 bits per heavy atom. The predicted molar refractivity (Wildman–Crippen MR) is 57.0 cm³/mol. The van der Waals surface area contributed by atoms with Gasteiger partial charge in [0.25, 0.3) is 0 Å². The minimum Gasteiger partial charge on any atom is -0.317 e.